The van der Waals surface area contributed by atoms with Gasteiger partial charge in [0, 0.05) is 31.4 Å². The highest BCUT2D eigenvalue weighted by Crippen LogP contribution is 2.32. The summed E-state index contributed by atoms with van der Waals surface area (Å²) in [5.74, 6) is -0.419. The zero-order chi connectivity index (χ0) is 17.3. The van der Waals surface area contributed by atoms with Crippen LogP contribution in [0, 0.1) is 6.92 Å². The van der Waals surface area contributed by atoms with Gasteiger partial charge in [-0.3, -0.25) is 9.78 Å². The van der Waals surface area contributed by atoms with Crippen LogP contribution in [0.4, 0.5) is 0 Å². The number of aromatic carboxylic acids is 1. The summed E-state index contributed by atoms with van der Waals surface area (Å²) in [4.78, 5) is 37.6. The molecule has 24 heavy (non-hydrogen) atoms. The molecular weight excluding hydrogens is 308 g/mol. The van der Waals surface area contributed by atoms with Crippen molar-refractivity contribution in [3.05, 3.63) is 41.6 Å². The number of likely N-dealkylation sites (tertiary alicyclic amines) is 1. The molecule has 2 aromatic rings. The first kappa shape index (κ1) is 16.0. The predicted molar refractivity (Wildman–Crippen MR) is 86.3 cm³/mol. The molecule has 1 amide bonds. The summed E-state index contributed by atoms with van der Waals surface area (Å²) < 4.78 is 0. The molecule has 2 aromatic heterocycles. The van der Waals surface area contributed by atoms with Crippen molar-refractivity contribution < 1.29 is 14.7 Å². The van der Waals surface area contributed by atoms with Crippen LogP contribution in [0.1, 0.15) is 47.7 Å². The van der Waals surface area contributed by atoms with Gasteiger partial charge >= 0.3 is 5.97 Å². The zero-order valence-corrected chi connectivity index (χ0v) is 13.6. The Labute approximate surface area is 139 Å². The highest BCUT2D eigenvalue weighted by molar-refractivity contribution is 5.88. The van der Waals surface area contributed by atoms with Gasteiger partial charge in [-0.1, -0.05) is 0 Å². The molecule has 124 valence electrons. The number of aromatic nitrogens is 3. The summed E-state index contributed by atoms with van der Waals surface area (Å²) in [5, 5.41) is 9.12. The van der Waals surface area contributed by atoms with E-state index in [9.17, 15) is 9.59 Å². The summed E-state index contributed by atoms with van der Waals surface area (Å²) >= 11 is 0. The maximum absolute atomic E-state index is 11.8. The third-order valence-electron chi connectivity index (χ3n) is 4.14. The molecule has 1 fully saturated rings. The molecule has 1 unspecified atom stereocenters. The number of aryl methyl sites for hydroxylation is 1. The molecule has 1 atom stereocenters. The fourth-order valence-corrected chi connectivity index (χ4v) is 3.06. The Hall–Kier alpha value is -2.83. The maximum atomic E-state index is 11.8. The van der Waals surface area contributed by atoms with E-state index in [4.69, 9.17) is 5.11 Å². The first-order valence-electron chi connectivity index (χ1n) is 7.77. The van der Waals surface area contributed by atoms with Gasteiger partial charge in [0.25, 0.3) is 0 Å². The van der Waals surface area contributed by atoms with E-state index in [1.165, 1.54) is 12.3 Å². The first-order valence-corrected chi connectivity index (χ1v) is 7.77. The predicted octanol–water partition coefficient (Wildman–Crippen LogP) is 2.23. The van der Waals surface area contributed by atoms with E-state index in [0.717, 1.165) is 25.1 Å². The van der Waals surface area contributed by atoms with Crippen LogP contribution < -0.4 is 0 Å². The summed E-state index contributed by atoms with van der Waals surface area (Å²) in [7, 11) is 0. The molecule has 0 spiro atoms. The number of carboxylic acid groups (broad SMARTS) is 1. The van der Waals surface area contributed by atoms with Crippen LogP contribution in [0.2, 0.25) is 0 Å². The molecular formula is C17H18N4O3. The summed E-state index contributed by atoms with van der Waals surface area (Å²) in [6, 6.07) is 3.30. The first-order chi connectivity index (χ1) is 11.5. The molecule has 0 aliphatic carbocycles. The second kappa shape index (κ2) is 6.35. The van der Waals surface area contributed by atoms with Crippen molar-refractivity contribution in [3.8, 4) is 11.3 Å². The number of nitrogens with zero attached hydrogens (tertiary/aromatic N) is 4. The largest absolute Gasteiger partial charge is 0.478 e. The standard InChI is InChI=1S/C17H18N4O3/c1-10-19-14(12-6-13(17(23)24)9-18-8-12)7-15(20-10)16-4-3-5-21(16)11(2)22/h6-9,16H,3-5H2,1-2H3,(H,23,24). The minimum atomic E-state index is -1.03. The van der Waals surface area contributed by atoms with E-state index in [1.807, 2.05) is 11.0 Å². The lowest BCUT2D eigenvalue weighted by Crippen LogP contribution is -2.28. The van der Waals surface area contributed by atoms with Crippen molar-refractivity contribution in [2.24, 2.45) is 0 Å². The van der Waals surface area contributed by atoms with Crippen molar-refractivity contribution in [1.29, 1.82) is 0 Å². The van der Waals surface area contributed by atoms with Crippen molar-refractivity contribution in [3.63, 3.8) is 0 Å². The number of rotatable bonds is 3. The number of carbonyl (C=O) groups is 2. The Bertz CT molecular complexity index is 806. The average molecular weight is 326 g/mol. The van der Waals surface area contributed by atoms with Crippen LogP contribution in [0.3, 0.4) is 0 Å². The normalized spacial score (nSPS) is 17.1. The van der Waals surface area contributed by atoms with Crippen molar-refractivity contribution in [2.75, 3.05) is 6.54 Å². The van der Waals surface area contributed by atoms with E-state index >= 15 is 0 Å². The fraction of sp³-hybridized carbons (Fsp3) is 0.353. The number of amides is 1. The minimum Gasteiger partial charge on any atom is -0.478 e. The van der Waals surface area contributed by atoms with E-state index in [2.05, 4.69) is 15.0 Å². The fourth-order valence-electron chi connectivity index (χ4n) is 3.06. The van der Waals surface area contributed by atoms with Gasteiger partial charge in [-0.05, 0) is 31.9 Å². The van der Waals surface area contributed by atoms with Gasteiger partial charge in [-0.2, -0.15) is 0 Å². The second-order valence-electron chi connectivity index (χ2n) is 5.86. The lowest BCUT2D eigenvalue weighted by Gasteiger charge is -2.23. The van der Waals surface area contributed by atoms with Crippen molar-refractivity contribution in [1.82, 2.24) is 19.9 Å². The Morgan fingerprint density at radius 2 is 2.04 bits per heavy atom. The maximum Gasteiger partial charge on any atom is 0.337 e. The monoisotopic (exact) mass is 326 g/mol. The molecule has 0 aromatic carbocycles. The van der Waals surface area contributed by atoms with Crippen LogP contribution in [0.5, 0.6) is 0 Å². The average Bonchev–Trinajstić information content (AvgIpc) is 3.04. The Kier molecular flexibility index (Phi) is 4.24. The van der Waals surface area contributed by atoms with Crippen LogP contribution in [-0.4, -0.2) is 43.4 Å². The molecule has 0 saturated carbocycles. The van der Waals surface area contributed by atoms with E-state index in [1.54, 1.807) is 20.0 Å². The topological polar surface area (TPSA) is 96.3 Å². The van der Waals surface area contributed by atoms with Gasteiger partial charge in [0.15, 0.2) is 0 Å². The zero-order valence-electron chi connectivity index (χ0n) is 13.6. The Balaban J connectivity index is 2.02. The summed E-state index contributed by atoms with van der Waals surface area (Å²) in [6.07, 6.45) is 4.69. The number of carboxylic acids is 1. The molecule has 1 saturated heterocycles. The van der Waals surface area contributed by atoms with Gasteiger partial charge < -0.3 is 10.0 Å². The van der Waals surface area contributed by atoms with Gasteiger partial charge in [-0.25, -0.2) is 14.8 Å². The number of hydrogen-bond donors (Lipinski definition) is 1. The molecule has 3 heterocycles. The molecule has 1 aliphatic rings. The van der Waals surface area contributed by atoms with Crippen LogP contribution in [0.15, 0.2) is 24.5 Å². The van der Waals surface area contributed by atoms with E-state index in [0.29, 0.717) is 17.1 Å². The highest BCUT2D eigenvalue weighted by Gasteiger charge is 2.29. The van der Waals surface area contributed by atoms with Crippen LogP contribution in [0.25, 0.3) is 11.3 Å². The molecule has 3 rings (SSSR count). The third kappa shape index (κ3) is 3.10. The SMILES string of the molecule is CC(=O)N1CCCC1c1cc(-c2cncc(C(=O)O)c2)nc(C)n1. The summed E-state index contributed by atoms with van der Waals surface area (Å²) in [5.41, 5.74) is 2.12. The van der Waals surface area contributed by atoms with Crippen molar-refractivity contribution >= 4 is 11.9 Å². The molecule has 7 heteroatoms. The summed E-state index contributed by atoms with van der Waals surface area (Å²) in [6.45, 7) is 4.08. The van der Waals surface area contributed by atoms with Gasteiger partial charge in [-0.15, -0.1) is 0 Å². The lowest BCUT2D eigenvalue weighted by atomic mass is 10.1. The van der Waals surface area contributed by atoms with Crippen molar-refractivity contribution in [2.45, 2.75) is 32.7 Å². The minimum absolute atomic E-state index is 0.0323. The molecule has 7 nitrogen and oxygen atoms in total. The van der Waals surface area contributed by atoms with Gasteiger partial charge in [0.05, 0.1) is 23.0 Å². The van der Waals surface area contributed by atoms with E-state index < -0.39 is 5.97 Å². The van der Waals surface area contributed by atoms with Crippen LogP contribution in [-0.2, 0) is 4.79 Å². The highest BCUT2D eigenvalue weighted by atomic mass is 16.4. The molecule has 1 aliphatic heterocycles. The number of pyridine rings is 1. The second-order valence-corrected chi connectivity index (χ2v) is 5.86. The number of hydrogen-bond acceptors (Lipinski definition) is 5. The molecule has 1 N–H and O–H groups in total. The Morgan fingerprint density at radius 3 is 2.75 bits per heavy atom. The molecule has 0 bridgehead atoms. The Morgan fingerprint density at radius 1 is 1.25 bits per heavy atom. The van der Waals surface area contributed by atoms with Crippen LogP contribution >= 0.6 is 0 Å². The van der Waals surface area contributed by atoms with Gasteiger partial charge in [0.1, 0.15) is 5.82 Å². The number of carbonyl (C=O) groups excluding carboxylic acids is 1. The quantitative estimate of drug-likeness (QED) is 0.929. The van der Waals surface area contributed by atoms with E-state index in [-0.39, 0.29) is 17.5 Å². The molecule has 0 radical (unpaired) electrons. The third-order valence-corrected chi connectivity index (χ3v) is 4.14. The van der Waals surface area contributed by atoms with Gasteiger partial charge in [0.2, 0.25) is 5.91 Å². The smallest absolute Gasteiger partial charge is 0.337 e. The lowest BCUT2D eigenvalue weighted by molar-refractivity contribution is -0.129.